The van der Waals surface area contributed by atoms with Crippen molar-refractivity contribution in [3.05, 3.63) is 53.9 Å². The highest BCUT2D eigenvalue weighted by atomic mass is 16.6. The number of carbonyl (C=O) groups excluding carboxylic acids is 1. The standard InChI is InChI=1S/C16H17N3O3/c20-16(19-11-13-3-1-2-6-17-13)18-10-12-4-5-14-15(9-12)22-8-7-21-14/h1-6,9H,7-8,10-11H2,(H2,18,19,20). The van der Waals surface area contributed by atoms with E-state index in [-0.39, 0.29) is 6.03 Å². The summed E-state index contributed by atoms with van der Waals surface area (Å²) in [5.41, 5.74) is 1.77. The molecule has 0 radical (unpaired) electrons. The summed E-state index contributed by atoms with van der Waals surface area (Å²) in [5, 5.41) is 5.56. The van der Waals surface area contributed by atoms with Crippen LogP contribution in [0.25, 0.3) is 0 Å². The molecule has 2 heterocycles. The zero-order valence-corrected chi connectivity index (χ0v) is 12.0. The Morgan fingerprint density at radius 1 is 1.05 bits per heavy atom. The van der Waals surface area contributed by atoms with Crippen molar-refractivity contribution in [3.8, 4) is 11.5 Å². The van der Waals surface area contributed by atoms with E-state index in [0.29, 0.717) is 26.3 Å². The molecule has 3 rings (SSSR count). The zero-order valence-electron chi connectivity index (χ0n) is 12.0. The molecule has 1 aromatic carbocycles. The fourth-order valence-electron chi connectivity index (χ4n) is 2.12. The summed E-state index contributed by atoms with van der Waals surface area (Å²) in [7, 11) is 0. The molecule has 2 N–H and O–H groups in total. The van der Waals surface area contributed by atoms with Gasteiger partial charge in [0.05, 0.1) is 12.2 Å². The van der Waals surface area contributed by atoms with Gasteiger partial charge in [-0.1, -0.05) is 12.1 Å². The summed E-state index contributed by atoms with van der Waals surface area (Å²) in [6.45, 7) is 1.94. The van der Waals surface area contributed by atoms with E-state index in [2.05, 4.69) is 15.6 Å². The van der Waals surface area contributed by atoms with Gasteiger partial charge in [0, 0.05) is 12.7 Å². The lowest BCUT2D eigenvalue weighted by atomic mass is 10.2. The second kappa shape index (κ2) is 6.80. The van der Waals surface area contributed by atoms with Crippen LogP contribution >= 0.6 is 0 Å². The summed E-state index contributed by atoms with van der Waals surface area (Å²) in [5.74, 6) is 1.47. The Morgan fingerprint density at radius 2 is 1.86 bits per heavy atom. The third-order valence-electron chi connectivity index (χ3n) is 3.22. The largest absolute Gasteiger partial charge is 0.486 e. The van der Waals surface area contributed by atoms with Crippen molar-refractivity contribution in [1.29, 1.82) is 0 Å². The second-order valence-electron chi connectivity index (χ2n) is 4.84. The lowest BCUT2D eigenvalue weighted by Gasteiger charge is -2.19. The van der Waals surface area contributed by atoms with Crippen molar-refractivity contribution in [2.24, 2.45) is 0 Å². The molecule has 6 heteroatoms. The normalized spacial score (nSPS) is 12.5. The molecule has 0 atom stereocenters. The first-order valence-corrected chi connectivity index (χ1v) is 7.11. The number of carbonyl (C=O) groups is 1. The third-order valence-corrected chi connectivity index (χ3v) is 3.22. The average Bonchev–Trinajstić information content (AvgIpc) is 2.59. The average molecular weight is 299 g/mol. The van der Waals surface area contributed by atoms with Gasteiger partial charge < -0.3 is 20.1 Å². The molecule has 1 aliphatic rings. The van der Waals surface area contributed by atoms with E-state index in [1.807, 2.05) is 36.4 Å². The fourth-order valence-corrected chi connectivity index (χ4v) is 2.12. The number of pyridine rings is 1. The third kappa shape index (κ3) is 3.66. The molecule has 6 nitrogen and oxygen atoms in total. The number of rotatable bonds is 4. The first kappa shape index (κ1) is 14.2. The van der Waals surface area contributed by atoms with Crippen LogP contribution in [0.15, 0.2) is 42.6 Å². The SMILES string of the molecule is O=C(NCc1ccc2c(c1)OCCO2)NCc1ccccn1. The van der Waals surface area contributed by atoms with Crippen LogP contribution in [0.4, 0.5) is 4.79 Å². The van der Waals surface area contributed by atoms with Gasteiger partial charge in [-0.25, -0.2) is 4.79 Å². The van der Waals surface area contributed by atoms with E-state index in [1.165, 1.54) is 0 Å². The Balaban J connectivity index is 1.48. The van der Waals surface area contributed by atoms with E-state index in [4.69, 9.17) is 9.47 Å². The van der Waals surface area contributed by atoms with Gasteiger partial charge in [-0.2, -0.15) is 0 Å². The van der Waals surface area contributed by atoms with Crippen molar-refractivity contribution >= 4 is 6.03 Å². The molecule has 2 aromatic rings. The second-order valence-corrected chi connectivity index (χ2v) is 4.84. The smallest absolute Gasteiger partial charge is 0.315 e. The molecule has 1 aromatic heterocycles. The topological polar surface area (TPSA) is 72.5 Å². The zero-order chi connectivity index (χ0) is 15.2. The Hall–Kier alpha value is -2.76. The van der Waals surface area contributed by atoms with Gasteiger partial charge in [0.1, 0.15) is 13.2 Å². The molecule has 1 aliphatic heterocycles. The van der Waals surface area contributed by atoms with Crippen molar-refractivity contribution in [2.45, 2.75) is 13.1 Å². The molecule has 22 heavy (non-hydrogen) atoms. The van der Waals surface area contributed by atoms with Gasteiger partial charge in [0.2, 0.25) is 0 Å². The first-order valence-electron chi connectivity index (χ1n) is 7.11. The molecule has 114 valence electrons. The predicted molar refractivity (Wildman–Crippen MR) is 80.7 cm³/mol. The van der Waals surface area contributed by atoms with E-state index in [9.17, 15) is 4.79 Å². The van der Waals surface area contributed by atoms with Crippen LogP contribution in [-0.2, 0) is 13.1 Å². The molecule has 0 aliphatic carbocycles. The van der Waals surface area contributed by atoms with Gasteiger partial charge in [0.15, 0.2) is 11.5 Å². The van der Waals surface area contributed by atoms with Crippen LogP contribution in [0.5, 0.6) is 11.5 Å². The molecule has 0 fully saturated rings. The highest BCUT2D eigenvalue weighted by molar-refractivity contribution is 5.73. The summed E-state index contributed by atoms with van der Waals surface area (Å²) in [4.78, 5) is 15.9. The van der Waals surface area contributed by atoms with Crippen molar-refractivity contribution in [3.63, 3.8) is 0 Å². The maximum absolute atomic E-state index is 11.8. The lowest BCUT2D eigenvalue weighted by Crippen LogP contribution is -2.34. The van der Waals surface area contributed by atoms with Gasteiger partial charge >= 0.3 is 6.03 Å². The molecule has 0 saturated heterocycles. The highest BCUT2D eigenvalue weighted by Crippen LogP contribution is 2.30. The first-order chi connectivity index (χ1) is 10.8. The summed E-state index contributed by atoms with van der Waals surface area (Å²) < 4.78 is 11.0. The summed E-state index contributed by atoms with van der Waals surface area (Å²) >= 11 is 0. The number of nitrogens with one attached hydrogen (secondary N) is 2. The Morgan fingerprint density at radius 3 is 2.68 bits per heavy atom. The minimum Gasteiger partial charge on any atom is -0.486 e. The molecule has 0 unspecified atom stereocenters. The van der Waals surface area contributed by atoms with Gasteiger partial charge in [-0.05, 0) is 29.8 Å². The monoisotopic (exact) mass is 299 g/mol. The minimum absolute atomic E-state index is 0.236. The summed E-state index contributed by atoms with van der Waals surface area (Å²) in [6, 6.07) is 11.0. The van der Waals surface area contributed by atoms with E-state index in [0.717, 1.165) is 22.8 Å². The number of urea groups is 1. The quantitative estimate of drug-likeness (QED) is 0.904. The minimum atomic E-state index is -0.236. The number of amides is 2. The van der Waals surface area contributed by atoms with Crippen molar-refractivity contribution in [2.75, 3.05) is 13.2 Å². The predicted octanol–water partition coefficient (Wildman–Crippen LogP) is 1.85. The maximum atomic E-state index is 11.8. The van der Waals surface area contributed by atoms with Crippen LogP contribution in [0, 0.1) is 0 Å². The Labute approximate surface area is 128 Å². The van der Waals surface area contributed by atoms with Crippen LogP contribution in [-0.4, -0.2) is 24.2 Å². The van der Waals surface area contributed by atoms with Crippen LogP contribution in [0.3, 0.4) is 0 Å². The number of fused-ring (bicyclic) bond motifs is 1. The van der Waals surface area contributed by atoms with E-state index >= 15 is 0 Å². The van der Waals surface area contributed by atoms with Crippen LogP contribution in [0.2, 0.25) is 0 Å². The highest BCUT2D eigenvalue weighted by Gasteiger charge is 2.11. The number of ether oxygens (including phenoxy) is 2. The number of hydrogen-bond acceptors (Lipinski definition) is 4. The Bertz CT molecular complexity index is 646. The Kier molecular flexibility index (Phi) is 4.38. The van der Waals surface area contributed by atoms with Gasteiger partial charge in [0.25, 0.3) is 0 Å². The number of benzene rings is 1. The lowest BCUT2D eigenvalue weighted by molar-refractivity contribution is 0.171. The maximum Gasteiger partial charge on any atom is 0.315 e. The molecule has 0 saturated carbocycles. The molecule has 0 bridgehead atoms. The van der Waals surface area contributed by atoms with Gasteiger partial charge in [-0.15, -0.1) is 0 Å². The van der Waals surface area contributed by atoms with Crippen LogP contribution < -0.4 is 20.1 Å². The van der Waals surface area contributed by atoms with Crippen LogP contribution in [0.1, 0.15) is 11.3 Å². The number of aromatic nitrogens is 1. The van der Waals surface area contributed by atoms with E-state index < -0.39 is 0 Å². The van der Waals surface area contributed by atoms with Gasteiger partial charge in [-0.3, -0.25) is 4.98 Å². The van der Waals surface area contributed by atoms with Crippen molar-refractivity contribution in [1.82, 2.24) is 15.6 Å². The van der Waals surface area contributed by atoms with E-state index in [1.54, 1.807) is 6.20 Å². The van der Waals surface area contributed by atoms with Crippen molar-refractivity contribution < 1.29 is 14.3 Å². The number of nitrogens with zero attached hydrogens (tertiary/aromatic N) is 1. The number of hydrogen-bond donors (Lipinski definition) is 2. The molecular weight excluding hydrogens is 282 g/mol. The fraction of sp³-hybridized carbons (Fsp3) is 0.250. The summed E-state index contributed by atoms with van der Waals surface area (Å²) in [6.07, 6.45) is 1.70. The molecule has 2 amide bonds. The molecular formula is C16H17N3O3. The molecule has 0 spiro atoms.